The summed E-state index contributed by atoms with van der Waals surface area (Å²) < 4.78 is 2.28. The van der Waals surface area contributed by atoms with Gasteiger partial charge >= 0.3 is 0 Å². The van der Waals surface area contributed by atoms with E-state index in [0.29, 0.717) is 5.82 Å². The summed E-state index contributed by atoms with van der Waals surface area (Å²) in [6, 6.07) is 67.2. The average Bonchev–Trinajstić information content (AvgIpc) is 3.70. The third-order valence-electron chi connectivity index (χ3n) is 10.3. The summed E-state index contributed by atoms with van der Waals surface area (Å²) in [6.45, 7) is 0. The lowest BCUT2D eigenvalue weighted by molar-refractivity contribution is 0.768. The van der Waals surface area contributed by atoms with Crippen LogP contribution in [0.1, 0.15) is 22.3 Å². The monoisotopic (exact) mass is 637 g/mol. The van der Waals surface area contributed by atoms with Gasteiger partial charge < -0.3 is 0 Å². The van der Waals surface area contributed by atoms with Gasteiger partial charge in [-0.1, -0.05) is 164 Å². The van der Waals surface area contributed by atoms with Crippen molar-refractivity contribution in [3.63, 3.8) is 0 Å². The molecule has 0 bridgehead atoms. The second-order valence-corrected chi connectivity index (χ2v) is 13.0. The standard InChI is InChI=1S/C47H31N3/c1-3-16-32(17-4-1)42-31-45(50-43-28-13-9-24-38(43)39-25-10-14-29-44(39)50)49-46(48-42)33-18-15-21-35(30-33)47(34-19-5-2-6-20-34)40-26-11-7-22-36(40)37-23-8-12-27-41(37)47/h1-31H. The Morgan fingerprint density at radius 3 is 1.58 bits per heavy atom. The van der Waals surface area contributed by atoms with Gasteiger partial charge in [-0.05, 0) is 51.6 Å². The van der Waals surface area contributed by atoms with E-state index in [1.54, 1.807) is 0 Å². The lowest BCUT2D eigenvalue weighted by Gasteiger charge is -2.34. The summed E-state index contributed by atoms with van der Waals surface area (Å²) in [5.41, 5.74) is 12.2. The van der Waals surface area contributed by atoms with E-state index in [0.717, 1.165) is 33.7 Å². The molecule has 2 aromatic heterocycles. The van der Waals surface area contributed by atoms with Crippen molar-refractivity contribution in [2.75, 3.05) is 0 Å². The van der Waals surface area contributed by atoms with E-state index < -0.39 is 5.41 Å². The van der Waals surface area contributed by atoms with Gasteiger partial charge in [0.2, 0.25) is 0 Å². The van der Waals surface area contributed by atoms with Crippen LogP contribution in [0.4, 0.5) is 0 Å². The maximum atomic E-state index is 5.38. The molecule has 0 radical (unpaired) electrons. The van der Waals surface area contributed by atoms with E-state index in [1.165, 1.54) is 44.2 Å². The van der Waals surface area contributed by atoms with Gasteiger partial charge in [-0.2, -0.15) is 0 Å². The van der Waals surface area contributed by atoms with Gasteiger partial charge in [-0.3, -0.25) is 4.57 Å². The van der Waals surface area contributed by atoms with Crippen molar-refractivity contribution in [3.8, 4) is 39.6 Å². The van der Waals surface area contributed by atoms with Gasteiger partial charge in [-0.25, -0.2) is 9.97 Å². The molecule has 2 heterocycles. The Kier molecular flexibility index (Phi) is 6.40. The Hall–Kier alpha value is -6.58. The van der Waals surface area contributed by atoms with Crippen molar-refractivity contribution in [1.29, 1.82) is 0 Å². The molecular weight excluding hydrogens is 607 g/mol. The van der Waals surface area contributed by atoms with Crippen molar-refractivity contribution < 1.29 is 0 Å². The van der Waals surface area contributed by atoms with Crippen molar-refractivity contribution >= 4 is 21.8 Å². The first kappa shape index (κ1) is 28.4. The zero-order valence-corrected chi connectivity index (χ0v) is 27.2. The number of nitrogens with zero attached hydrogens (tertiary/aromatic N) is 3. The summed E-state index contributed by atoms with van der Waals surface area (Å²) in [5, 5.41) is 2.41. The third kappa shape index (κ3) is 4.17. The van der Waals surface area contributed by atoms with Crippen LogP contribution in [0.2, 0.25) is 0 Å². The molecule has 3 nitrogen and oxygen atoms in total. The number of aromatic nitrogens is 3. The average molecular weight is 638 g/mol. The van der Waals surface area contributed by atoms with Crippen molar-refractivity contribution in [2.24, 2.45) is 0 Å². The minimum absolute atomic E-state index is 0.503. The van der Waals surface area contributed by atoms with E-state index in [1.807, 2.05) is 6.07 Å². The van der Waals surface area contributed by atoms with E-state index in [2.05, 4.69) is 187 Å². The van der Waals surface area contributed by atoms with Crippen LogP contribution in [-0.2, 0) is 5.41 Å². The Labute approximate surface area is 290 Å². The number of para-hydroxylation sites is 2. The second kappa shape index (κ2) is 11.3. The molecule has 0 saturated heterocycles. The van der Waals surface area contributed by atoms with Crippen LogP contribution in [0.5, 0.6) is 0 Å². The van der Waals surface area contributed by atoms with Crippen LogP contribution in [0.3, 0.4) is 0 Å². The first-order valence-electron chi connectivity index (χ1n) is 17.1. The van der Waals surface area contributed by atoms with Crippen LogP contribution in [0, 0.1) is 0 Å². The van der Waals surface area contributed by atoms with Gasteiger partial charge in [0.1, 0.15) is 5.82 Å². The Bertz CT molecular complexity index is 2610. The maximum Gasteiger partial charge on any atom is 0.162 e. The summed E-state index contributed by atoms with van der Waals surface area (Å²) in [7, 11) is 0. The molecule has 9 aromatic rings. The highest BCUT2D eigenvalue weighted by Gasteiger charge is 2.45. The maximum absolute atomic E-state index is 5.38. The molecule has 0 amide bonds. The summed E-state index contributed by atoms with van der Waals surface area (Å²) in [4.78, 5) is 10.6. The molecule has 0 atom stereocenters. The molecule has 0 spiro atoms. The summed E-state index contributed by atoms with van der Waals surface area (Å²) in [6.07, 6.45) is 0. The van der Waals surface area contributed by atoms with Gasteiger partial charge in [0.05, 0.1) is 22.1 Å². The molecule has 0 fully saturated rings. The molecular formula is C47H31N3. The number of benzene rings is 7. The molecule has 50 heavy (non-hydrogen) atoms. The predicted octanol–water partition coefficient (Wildman–Crippen LogP) is 11.3. The highest BCUT2D eigenvalue weighted by atomic mass is 15.1. The topological polar surface area (TPSA) is 30.7 Å². The molecule has 10 rings (SSSR count). The number of hydrogen-bond donors (Lipinski definition) is 0. The third-order valence-corrected chi connectivity index (χ3v) is 10.3. The van der Waals surface area contributed by atoms with Gasteiger partial charge in [0.15, 0.2) is 5.82 Å². The largest absolute Gasteiger partial charge is 0.294 e. The highest BCUT2D eigenvalue weighted by molar-refractivity contribution is 6.09. The highest BCUT2D eigenvalue weighted by Crippen LogP contribution is 2.56. The van der Waals surface area contributed by atoms with Crippen molar-refractivity contribution in [1.82, 2.24) is 14.5 Å². The second-order valence-electron chi connectivity index (χ2n) is 13.0. The fourth-order valence-electron chi connectivity index (χ4n) is 8.21. The molecule has 1 aliphatic rings. The van der Waals surface area contributed by atoms with Gasteiger partial charge in [0.25, 0.3) is 0 Å². The van der Waals surface area contributed by atoms with Gasteiger partial charge in [0, 0.05) is 28.0 Å². The lowest BCUT2D eigenvalue weighted by Crippen LogP contribution is -2.28. The molecule has 3 heteroatoms. The van der Waals surface area contributed by atoms with E-state index in [9.17, 15) is 0 Å². The van der Waals surface area contributed by atoms with Crippen molar-refractivity contribution in [2.45, 2.75) is 5.41 Å². The fourth-order valence-corrected chi connectivity index (χ4v) is 8.21. The van der Waals surface area contributed by atoms with Crippen LogP contribution in [0.25, 0.3) is 61.4 Å². The SMILES string of the molecule is c1ccc(-c2cc(-n3c4ccccc4c4ccccc43)nc(-c3cccc(C4(c5ccccc5)c5ccccc5-c5ccccc54)c3)n2)cc1. The predicted molar refractivity (Wildman–Crippen MR) is 205 cm³/mol. The lowest BCUT2D eigenvalue weighted by atomic mass is 9.67. The van der Waals surface area contributed by atoms with Crippen LogP contribution in [0.15, 0.2) is 188 Å². The quantitative estimate of drug-likeness (QED) is 0.188. The van der Waals surface area contributed by atoms with Gasteiger partial charge in [-0.15, -0.1) is 0 Å². The molecule has 7 aromatic carbocycles. The minimum Gasteiger partial charge on any atom is -0.294 e. The first-order chi connectivity index (χ1) is 24.8. The Balaban J connectivity index is 1.25. The van der Waals surface area contributed by atoms with Crippen LogP contribution < -0.4 is 0 Å². The molecule has 1 aliphatic carbocycles. The first-order valence-corrected chi connectivity index (χ1v) is 17.1. The number of hydrogen-bond acceptors (Lipinski definition) is 2. The van der Waals surface area contributed by atoms with E-state index in [4.69, 9.17) is 9.97 Å². The van der Waals surface area contributed by atoms with Crippen LogP contribution in [-0.4, -0.2) is 14.5 Å². The van der Waals surface area contributed by atoms with Crippen molar-refractivity contribution in [3.05, 3.63) is 210 Å². The molecule has 0 N–H and O–H groups in total. The number of rotatable bonds is 5. The Morgan fingerprint density at radius 1 is 0.400 bits per heavy atom. The molecule has 0 saturated carbocycles. The molecule has 234 valence electrons. The van der Waals surface area contributed by atoms with Crippen LogP contribution >= 0.6 is 0 Å². The molecule has 0 unspecified atom stereocenters. The van der Waals surface area contributed by atoms with E-state index >= 15 is 0 Å². The molecule has 0 aliphatic heterocycles. The summed E-state index contributed by atoms with van der Waals surface area (Å²) >= 11 is 0. The smallest absolute Gasteiger partial charge is 0.162 e. The fraction of sp³-hybridized carbons (Fsp3) is 0.0213. The van der Waals surface area contributed by atoms with E-state index in [-0.39, 0.29) is 0 Å². The summed E-state index contributed by atoms with van der Waals surface area (Å²) in [5.74, 6) is 1.53. The Morgan fingerprint density at radius 2 is 0.920 bits per heavy atom. The normalized spacial score (nSPS) is 13.0. The zero-order valence-electron chi connectivity index (χ0n) is 27.2. The number of fused-ring (bicyclic) bond motifs is 6. The zero-order chi connectivity index (χ0) is 33.1. The minimum atomic E-state index is -0.503.